The zero-order valence-corrected chi connectivity index (χ0v) is 12.6. The van der Waals surface area contributed by atoms with Gasteiger partial charge in [0.1, 0.15) is 5.75 Å². The van der Waals surface area contributed by atoms with E-state index in [0.717, 1.165) is 16.2 Å². The van der Waals surface area contributed by atoms with Crippen LogP contribution in [0.25, 0.3) is 6.08 Å². The molecule has 2 rings (SSSR count). The van der Waals surface area contributed by atoms with Gasteiger partial charge in [-0.2, -0.15) is 0 Å². The Balaban J connectivity index is 1.97. The molecule has 20 heavy (non-hydrogen) atoms. The molecule has 106 valence electrons. The fourth-order valence-electron chi connectivity index (χ4n) is 1.52. The summed E-state index contributed by atoms with van der Waals surface area (Å²) in [6.45, 7) is 0.312. The molecule has 0 bridgehead atoms. The summed E-state index contributed by atoms with van der Waals surface area (Å²) in [6, 6.07) is 10.9. The summed E-state index contributed by atoms with van der Waals surface area (Å²) in [6.07, 6.45) is 1.55. The fourth-order valence-corrected chi connectivity index (χ4v) is 3.04. The number of nitrogens with one attached hydrogen (secondary N) is 1. The summed E-state index contributed by atoms with van der Waals surface area (Å²) in [5, 5.41) is 3.08. The van der Waals surface area contributed by atoms with Gasteiger partial charge in [-0.25, -0.2) is 13.1 Å². The number of rotatable bonds is 6. The molecule has 0 saturated heterocycles. The molecule has 0 aliphatic heterocycles. The fraction of sp³-hybridized carbons (Fsp3) is 0.143. The van der Waals surface area contributed by atoms with Gasteiger partial charge in [0.15, 0.2) is 0 Å². The normalized spacial score (nSPS) is 11.8. The molecule has 0 unspecified atom stereocenters. The molecule has 0 atom stereocenters. The molecule has 0 fully saturated rings. The van der Waals surface area contributed by atoms with Crippen LogP contribution in [0.15, 0.2) is 47.2 Å². The van der Waals surface area contributed by atoms with Crippen LogP contribution in [0.1, 0.15) is 10.4 Å². The molecular formula is C14H15NO3S2. The average molecular weight is 309 g/mol. The van der Waals surface area contributed by atoms with E-state index in [-0.39, 0.29) is 0 Å². The average Bonchev–Trinajstić information content (AvgIpc) is 2.97. The SMILES string of the molecule is COc1ccc(C=CS(=O)(=O)NCc2cccs2)cc1. The summed E-state index contributed by atoms with van der Waals surface area (Å²) < 4.78 is 31.2. The Morgan fingerprint density at radius 1 is 1.25 bits per heavy atom. The summed E-state index contributed by atoms with van der Waals surface area (Å²) in [5.74, 6) is 0.737. The van der Waals surface area contributed by atoms with Crippen LogP contribution in [-0.4, -0.2) is 15.5 Å². The highest BCUT2D eigenvalue weighted by Crippen LogP contribution is 2.13. The summed E-state index contributed by atoms with van der Waals surface area (Å²) in [7, 11) is -1.84. The Hall–Kier alpha value is -1.63. The Morgan fingerprint density at radius 3 is 2.60 bits per heavy atom. The number of methoxy groups -OCH3 is 1. The number of benzene rings is 1. The van der Waals surface area contributed by atoms with Crippen molar-refractivity contribution in [1.82, 2.24) is 4.72 Å². The van der Waals surface area contributed by atoms with Crippen molar-refractivity contribution in [3.63, 3.8) is 0 Å². The lowest BCUT2D eigenvalue weighted by Crippen LogP contribution is -2.19. The van der Waals surface area contributed by atoms with Gasteiger partial charge in [-0.1, -0.05) is 18.2 Å². The lowest BCUT2D eigenvalue weighted by atomic mass is 10.2. The van der Waals surface area contributed by atoms with Gasteiger partial charge in [-0.05, 0) is 35.2 Å². The first-order valence-electron chi connectivity index (χ1n) is 5.93. The Labute approximate surface area is 122 Å². The molecule has 1 heterocycles. The van der Waals surface area contributed by atoms with Crippen molar-refractivity contribution in [2.75, 3.05) is 7.11 Å². The van der Waals surface area contributed by atoms with Crippen LogP contribution in [0.2, 0.25) is 0 Å². The molecule has 6 heteroatoms. The van der Waals surface area contributed by atoms with Crippen molar-refractivity contribution < 1.29 is 13.2 Å². The van der Waals surface area contributed by atoms with Gasteiger partial charge in [-0.15, -0.1) is 11.3 Å². The predicted molar refractivity (Wildman–Crippen MR) is 82.1 cm³/mol. The number of hydrogen-bond acceptors (Lipinski definition) is 4. The molecule has 0 aliphatic carbocycles. The maximum atomic E-state index is 11.8. The lowest BCUT2D eigenvalue weighted by Gasteiger charge is -2.01. The summed E-state index contributed by atoms with van der Waals surface area (Å²) >= 11 is 1.52. The lowest BCUT2D eigenvalue weighted by molar-refractivity contribution is 0.415. The smallest absolute Gasteiger partial charge is 0.234 e. The van der Waals surface area contributed by atoms with E-state index in [1.807, 2.05) is 17.5 Å². The van der Waals surface area contributed by atoms with Gasteiger partial charge >= 0.3 is 0 Å². The maximum Gasteiger partial charge on any atom is 0.234 e. The molecular weight excluding hydrogens is 294 g/mol. The summed E-state index contributed by atoms with van der Waals surface area (Å²) in [5.41, 5.74) is 0.798. The van der Waals surface area contributed by atoms with E-state index in [1.165, 1.54) is 16.7 Å². The zero-order valence-electron chi connectivity index (χ0n) is 10.9. The topological polar surface area (TPSA) is 55.4 Å². The first-order chi connectivity index (χ1) is 9.59. The van der Waals surface area contributed by atoms with Crippen molar-refractivity contribution in [2.24, 2.45) is 0 Å². The van der Waals surface area contributed by atoms with Gasteiger partial charge < -0.3 is 4.74 Å². The van der Waals surface area contributed by atoms with E-state index >= 15 is 0 Å². The van der Waals surface area contributed by atoms with Gasteiger partial charge in [-0.3, -0.25) is 0 Å². The molecule has 1 N–H and O–H groups in total. The highest BCUT2D eigenvalue weighted by atomic mass is 32.2. The van der Waals surface area contributed by atoms with Crippen molar-refractivity contribution >= 4 is 27.4 Å². The number of sulfonamides is 1. The molecule has 0 saturated carbocycles. The third kappa shape index (κ3) is 4.48. The predicted octanol–water partition coefficient (Wildman–Crippen LogP) is 2.85. The van der Waals surface area contributed by atoms with Crippen molar-refractivity contribution in [2.45, 2.75) is 6.54 Å². The second kappa shape index (κ2) is 6.69. The van der Waals surface area contributed by atoms with Gasteiger partial charge in [0.2, 0.25) is 10.0 Å². The van der Waals surface area contributed by atoms with Crippen LogP contribution in [0.4, 0.5) is 0 Å². The minimum Gasteiger partial charge on any atom is -0.497 e. The second-order valence-corrected chi connectivity index (χ2v) is 6.70. The van der Waals surface area contributed by atoms with Crippen LogP contribution in [0.3, 0.4) is 0 Å². The van der Waals surface area contributed by atoms with Gasteiger partial charge in [0.25, 0.3) is 0 Å². The van der Waals surface area contributed by atoms with Crippen molar-refractivity contribution in [1.29, 1.82) is 0 Å². The standard InChI is InChI=1S/C14H15NO3S2/c1-18-13-6-4-12(5-7-13)8-10-20(16,17)15-11-14-3-2-9-19-14/h2-10,15H,11H2,1H3. The van der Waals surface area contributed by atoms with Crippen LogP contribution in [0, 0.1) is 0 Å². The first-order valence-corrected chi connectivity index (χ1v) is 8.36. The third-order valence-corrected chi connectivity index (χ3v) is 4.50. The molecule has 1 aromatic heterocycles. The Kier molecular flexibility index (Phi) is 4.94. The van der Waals surface area contributed by atoms with Crippen LogP contribution in [0.5, 0.6) is 5.75 Å². The number of thiophene rings is 1. The van der Waals surface area contributed by atoms with E-state index in [4.69, 9.17) is 4.74 Å². The van der Waals surface area contributed by atoms with Gasteiger partial charge in [0.05, 0.1) is 7.11 Å². The second-order valence-electron chi connectivity index (χ2n) is 4.02. The first kappa shape index (κ1) is 14.8. The minimum absolute atomic E-state index is 0.312. The minimum atomic E-state index is -3.43. The van der Waals surface area contributed by atoms with E-state index in [1.54, 1.807) is 37.5 Å². The highest BCUT2D eigenvalue weighted by molar-refractivity contribution is 7.92. The summed E-state index contributed by atoms with van der Waals surface area (Å²) in [4.78, 5) is 0.978. The Morgan fingerprint density at radius 2 is 2.00 bits per heavy atom. The van der Waals surface area contributed by atoms with E-state index in [2.05, 4.69) is 4.72 Å². The molecule has 0 radical (unpaired) electrons. The zero-order chi connectivity index (χ0) is 14.4. The van der Waals surface area contributed by atoms with Crippen molar-refractivity contribution in [3.05, 3.63) is 57.6 Å². The van der Waals surface area contributed by atoms with Crippen LogP contribution in [-0.2, 0) is 16.6 Å². The molecule has 0 amide bonds. The number of ether oxygens (including phenoxy) is 1. The monoisotopic (exact) mass is 309 g/mol. The molecule has 4 nitrogen and oxygen atoms in total. The van der Waals surface area contributed by atoms with Crippen LogP contribution >= 0.6 is 11.3 Å². The van der Waals surface area contributed by atoms with E-state index in [0.29, 0.717) is 6.54 Å². The maximum absolute atomic E-state index is 11.8. The third-order valence-electron chi connectivity index (χ3n) is 2.58. The van der Waals surface area contributed by atoms with Crippen LogP contribution < -0.4 is 9.46 Å². The largest absolute Gasteiger partial charge is 0.497 e. The quantitative estimate of drug-likeness (QED) is 0.892. The Bertz CT molecular complexity index is 659. The van der Waals surface area contributed by atoms with E-state index < -0.39 is 10.0 Å². The molecule has 2 aromatic rings. The van der Waals surface area contributed by atoms with Gasteiger partial charge in [0, 0.05) is 16.8 Å². The van der Waals surface area contributed by atoms with E-state index in [9.17, 15) is 8.42 Å². The molecule has 1 aromatic carbocycles. The molecule has 0 spiro atoms. The number of hydrogen-bond donors (Lipinski definition) is 1. The highest BCUT2D eigenvalue weighted by Gasteiger charge is 2.05. The molecule has 0 aliphatic rings. The van der Waals surface area contributed by atoms with Crippen molar-refractivity contribution in [3.8, 4) is 5.75 Å².